The first-order valence-electron chi connectivity index (χ1n) is 18.9. The van der Waals surface area contributed by atoms with Gasteiger partial charge in [0.25, 0.3) is 0 Å². The number of rotatable bonds is 6. The molecule has 3 heteroatoms. The van der Waals surface area contributed by atoms with E-state index >= 15 is 0 Å². The van der Waals surface area contributed by atoms with Crippen molar-refractivity contribution in [2.75, 3.05) is 4.90 Å². The first kappa shape index (κ1) is 31.2. The highest BCUT2D eigenvalue weighted by Gasteiger charge is 2.21. The second-order valence-corrected chi connectivity index (χ2v) is 14.2. The third-order valence-corrected chi connectivity index (χ3v) is 11.1. The molecule has 55 heavy (non-hydrogen) atoms. The second kappa shape index (κ2) is 12.6. The zero-order chi connectivity index (χ0) is 36.3. The van der Waals surface area contributed by atoms with Crippen molar-refractivity contribution < 1.29 is 0 Å². The van der Waals surface area contributed by atoms with Gasteiger partial charge in [0.2, 0.25) is 0 Å². The van der Waals surface area contributed by atoms with E-state index in [0.717, 1.165) is 28.4 Å². The Kier molecular flexibility index (Phi) is 7.17. The van der Waals surface area contributed by atoms with Gasteiger partial charge in [-0.25, -0.2) is 0 Å². The van der Waals surface area contributed by atoms with Crippen molar-refractivity contribution in [3.63, 3.8) is 0 Å². The summed E-state index contributed by atoms with van der Waals surface area (Å²) in [5, 5.41) is 7.40. The van der Waals surface area contributed by atoms with E-state index in [-0.39, 0.29) is 0 Å². The maximum absolute atomic E-state index is 2.48. The third-order valence-electron chi connectivity index (χ3n) is 11.1. The number of hydrogen-bond acceptors (Lipinski definition) is 1. The van der Waals surface area contributed by atoms with Gasteiger partial charge in [-0.2, -0.15) is 0 Å². The average Bonchev–Trinajstić information content (AvgIpc) is 3.78. The molecule has 0 aliphatic heterocycles. The van der Waals surface area contributed by atoms with Gasteiger partial charge in [0.15, 0.2) is 0 Å². The number of benzene rings is 9. The molecule has 0 N–H and O–H groups in total. The fourth-order valence-corrected chi connectivity index (χ4v) is 8.59. The predicted molar refractivity (Wildman–Crippen MR) is 233 cm³/mol. The Balaban J connectivity index is 1.09. The molecule has 0 aliphatic carbocycles. The summed E-state index contributed by atoms with van der Waals surface area (Å²) >= 11 is 0. The van der Waals surface area contributed by atoms with Crippen LogP contribution >= 0.6 is 0 Å². The molecular weight excluding hydrogens is 667 g/mol. The molecule has 0 bridgehead atoms. The summed E-state index contributed by atoms with van der Waals surface area (Å²) < 4.78 is 4.88. The van der Waals surface area contributed by atoms with E-state index in [1.54, 1.807) is 0 Å². The number of aromatic nitrogens is 2. The van der Waals surface area contributed by atoms with E-state index in [2.05, 4.69) is 226 Å². The monoisotopic (exact) mass is 701 g/mol. The van der Waals surface area contributed by atoms with Crippen molar-refractivity contribution in [1.29, 1.82) is 0 Å². The summed E-state index contributed by atoms with van der Waals surface area (Å²) in [6, 6.07) is 76.8. The van der Waals surface area contributed by atoms with Crippen molar-refractivity contribution in [3.05, 3.63) is 212 Å². The van der Waals surface area contributed by atoms with Gasteiger partial charge in [-0.3, -0.25) is 0 Å². The van der Waals surface area contributed by atoms with Crippen LogP contribution in [0.2, 0.25) is 0 Å². The zero-order valence-corrected chi connectivity index (χ0v) is 30.0. The minimum Gasteiger partial charge on any atom is -0.310 e. The molecule has 0 saturated heterocycles. The zero-order valence-electron chi connectivity index (χ0n) is 30.0. The molecule has 0 atom stereocenters. The summed E-state index contributed by atoms with van der Waals surface area (Å²) in [6.45, 7) is 0. The van der Waals surface area contributed by atoms with Gasteiger partial charge >= 0.3 is 0 Å². The Hall–Kier alpha value is -7.36. The summed E-state index contributed by atoms with van der Waals surface area (Å²) in [4.78, 5) is 2.34. The van der Waals surface area contributed by atoms with Crippen LogP contribution in [0.3, 0.4) is 0 Å². The summed E-state index contributed by atoms with van der Waals surface area (Å²) in [7, 11) is 0. The van der Waals surface area contributed by atoms with E-state index in [0.29, 0.717) is 0 Å². The van der Waals surface area contributed by atoms with E-state index in [4.69, 9.17) is 0 Å². The predicted octanol–water partition coefficient (Wildman–Crippen LogP) is 14.2. The average molecular weight is 702 g/mol. The molecule has 0 aliphatic rings. The lowest BCUT2D eigenvalue weighted by Gasteiger charge is -2.26. The van der Waals surface area contributed by atoms with Crippen molar-refractivity contribution in [3.8, 4) is 22.5 Å². The Bertz CT molecular complexity index is 3180. The standard InChI is InChI=1S/C52H35N3/c1-4-14-36(15-5-1)37-24-28-42(29-25-37)53(40-16-6-2-7-17-40)43-30-26-39-35-44(31-27-38(39)34-43)55-48-22-12-10-20-45(48)46-32-33-50-51(52(46)55)47-21-11-13-23-49(47)54(50)41-18-8-3-9-19-41/h1-35H. The summed E-state index contributed by atoms with van der Waals surface area (Å²) in [5.41, 5.74) is 12.9. The van der Waals surface area contributed by atoms with E-state index in [1.807, 2.05) is 0 Å². The van der Waals surface area contributed by atoms with Crippen LogP contribution in [0.15, 0.2) is 212 Å². The van der Waals surface area contributed by atoms with E-state index in [9.17, 15) is 0 Å². The Morgan fingerprint density at radius 1 is 0.309 bits per heavy atom. The minimum absolute atomic E-state index is 1.12. The van der Waals surface area contributed by atoms with Gasteiger partial charge in [0.1, 0.15) is 0 Å². The van der Waals surface area contributed by atoms with Crippen LogP contribution in [0.5, 0.6) is 0 Å². The van der Waals surface area contributed by atoms with Crippen LogP contribution in [-0.4, -0.2) is 9.13 Å². The molecule has 3 nitrogen and oxygen atoms in total. The normalized spacial score (nSPS) is 11.6. The molecular formula is C52H35N3. The Morgan fingerprint density at radius 3 is 1.64 bits per heavy atom. The molecule has 258 valence electrons. The first-order chi connectivity index (χ1) is 27.3. The van der Waals surface area contributed by atoms with Gasteiger partial charge in [-0.05, 0) is 101 Å². The van der Waals surface area contributed by atoms with Crippen LogP contribution < -0.4 is 4.90 Å². The molecule has 0 saturated carbocycles. The van der Waals surface area contributed by atoms with Gasteiger partial charge in [-0.15, -0.1) is 0 Å². The number of anilines is 3. The number of nitrogens with zero attached hydrogens (tertiary/aromatic N) is 3. The quantitative estimate of drug-likeness (QED) is 0.168. The number of para-hydroxylation sites is 4. The van der Waals surface area contributed by atoms with Crippen molar-refractivity contribution in [2.45, 2.75) is 0 Å². The second-order valence-electron chi connectivity index (χ2n) is 14.2. The van der Waals surface area contributed by atoms with Crippen LogP contribution in [-0.2, 0) is 0 Å². The molecule has 0 unspecified atom stereocenters. The molecule has 0 radical (unpaired) electrons. The molecule has 2 aromatic heterocycles. The van der Waals surface area contributed by atoms with Gasteiger partial charge in [0, 0.05) is 50.0 Å². The third kappa shape index (κ3) is 5.05. The molecule has 2 heterocycles. The lowest BCUT2D eigenvalue weighted by molar-refractivity contribution is 1.18. The smallest absolute Gasteiger partial charge is 0.0641 e. The van der Waals surface area contributed by atoms with Crippen LogP contribution in [0.25, 0.3) is 76.9 Å². The molecule has 0 fully saturated rings. The maximum atomic E-state index is 2.48. The van der Waals surface area contributed by atoms with Gasteiger partial charge in [0.05, 0.1) is 22.1 Å². The van der Waals surface area contributed by atoms with Crippen LogP contribution in [0.1, 0.15) is 0 Å². The molecule has 9 aromatic carbocycles. The maximum Gasteiger partial charge on any atom is 0.0641 e. The van der Waals surface area contributed by atoms with E-state index < -0.39 is 0 Å². The highest BCUT2D eigenvalue weighted by Crippen LogP contribution is 2.43. The Morgan fingerprint density at radius 2 is 0.873 bits per heavy atom. The number of fused-ring (bicyclic) bond motifs is 8. The highest BCUT2D eigenvalue weighted by atomic mass is 15.1. The minimum atomic E-state index is 1.12. The first-order valence-corrected chi connectivity index (χ1v) is 18.9. The van der Waals surface area contributed by atoms with Crippen molar-refractivity contribution >= 4 is 71.4 Å². The summed E-state index contributed by atoms with van der Waals surface area (Å²) in [6.07, 6.45) is 0. The molecule has 11 aromatic rings. The highest BCUT2D eigenvalue weighted by molar-refractivity contribution is 6.26. The lowest BCUT2D eigenvalue weighted by atomic mass is 10.0. The van der Waals surface area contributed by atoms with Crippen molar-refractivity contribution in [1.82, 2.24) is 9.13 Å². The fraction of sp³-hybridized carbons (Fsp3) is 0. The SMILES string of the molecule is c1ccc(-c2ccc(N(c3ccccc3)c3ccc4cc(-n5c6ccccc6c6ccc7c(c8ccccc8n7-c7ccccc7)c65)ccc4c3)cc2)cc1. The molecule has 0 spiro atoms. The largest absolute Gasteiger partial charge is 0.310 e. The topological polar surface area (TPSA) is 13.1 Å². The van der Waals surface area contributed by atoms with Gasteiger partial charge < -0.3 is 14.0 Å². The van der Waals surface area contributed by atoms with Crippen LogP contribution in [0.4, 0.5) is 17.1 Å². The number of hydrogen-bond donors (Lipinski definition) is 0. The Labute approximate surface area is 319 Å². The van der Waals surface area contributed by atoms with E-state index in [1.165, 1.54) is 65.5 Å². The lowest BCUT2D eigenvalue weighted by Crippen LogP contribution is -2.09. The van der Waals surface area contributed by atoms with Crippen molar-refractivity contribution in [2.24, 2.45) is 0 Å². The van der Waals surface area contributed by atoms with Gasteiger partial charge in [-0.1, -0.05) is 133 Å². The molecule has 0 amide bonds. The summed E-state index contributed by atoms with van der Waals surface area (Å²) in [5.74, 6) is 0. The molecule has 11 rings (SSSR count). The van der Waals surface area contributed by atoms with Crippen LogP contribution in [0, 0.1) is 0 Å². The fourth-order valence-electron chi connectivity index (χ4n) is 8.59.